The SMILES string of the molecule is COc1ccc(CCN2C(=O)c3ccc(C(=O)Nc4cc([N+](=O)[O-])ccc4O)cc3C2=O)cc1OC. The summed E-state index contributed by atoms with van der Waals surface area (Å²) < 4.78 is 10.5. The summed E-state index contributed by atoms with van der Waals surface area (Å²) in [4.78, 5) is 49.9. The number of phenols is 1. The fourth-order valence-corrected chi connectivity index (χ4v) is 3.84. The van der Waals surface area contributed by atoms with Crippen molar-refractivity contribution in [1.82, 2.24) is 4.90 Å². The first-order valence-electron chi connectivity index (χ1n) is 10.7. The van der Waals surface area contributed by atoms with Crippen molar-refractivity contribution >= 4 is 29.1 Å². The molecule has 1 heterocycles. The molecule has 36 heavy (non-hydrogen) atoms. The number of carbonyl (C=O) groups is 3. The minimum atomic E-state index is -0.711. The van der Waals surface area contributed by atoms with Crippen LogP contribution in [0.15, 0.2) is 54.6 Å². The van der Waals surface area contributed by atoms with Gasteiger partial charge in [-0.25, -0.2) is 0 Å². The summed E-state index contributed by atoms with van der Waals surface area (Å²) in [6.07, 6.45) is 0.380. The number of benzene rings is 3. The number of ether oxygens (including phenoxy) is 2. The summed E-state index contributed by atoms with van der Waals surface area (Å²) in [6, 6.07) is 12.6. The third-order valence-corrected chi connectivity index (χ3v) is 5.74. The van der Waals surface area contributed by atoms with E-state index in [1.165, 1.54) is 32.4 Å². The smallest absolute Gasteiger partial charge is 0.271 e. The number of aromatic hydroxyl groups is 1. The molecule has 184 valence electrons. The van der Waals surface area contributed by atoms with Gasteiger partial charge >= 0.3 is 0 Å². The van der Waals surface area contributed by atoms with E-state index in [2.05, 4.69) is 5.32 Å². The number of nitro benzene ring substituents is 1. The highest BCUT2D eigenvalue weighted by Crippen LogP contribution is 2.30. The minimum Gasteiger partial charge on any atom is -0.506 e. The molecular weight excluding hydrogens is 470 g/mol. The maximum Gasteiger partial charge on any atom is 0.271 e. The highest BCUT2D eigenvalue weighted by molar-refractivity contribution is 6.22. The zero-order chi connectivity index (χ0) is 26.0. The molecule has 3 aromatic rings. The van der Waals surface area contributed by atoms with Crippen LogP contribution >= 0.6 is 0 Å². The number of carbonyl (C=O) groups excluding carboxylic acids is 3. The van der Waals surface area contributed by atoms with E-state index < -0.39 is 22.6 Å². The van der Waals surface area contributed by atoms with Gasteiger partial charge in [-0.15, -0.1) is 0 Å². The zero-order valence-corrected chi connectivity index (χ0v) is 19.3. The summed E-state index contributed by atoms with van der Waals surface area (Å²) in [5.41, 5.74) is 0.644. The standard InChI is InChI=1S/C25H21N3O8/c1-35-21-8-3-14(11-22(21)36-2)9-10-27-24(31)17-6-4-15(12-18(17)25(27)32)23(30)26-19-13-16(28(33)34)5-7-20(19)29/h3-8,11-13,29H,9-10H2,1-2H3,(H,26,30). The van der Waals surface area contributed by atoms with Crippen molar-refractivity contribution in [3.63, 3.8) is 0 Å². The molecule has 0 fully saturated rings. The van der Waals surface area contributed by atoms with Crippen molar-refractivity contribution in [3.8, 4) is 17.2 Å². The van der Waals surface area contributed by atoms with Crippen LogP contribution < -0.4 is 14.8 Å². The van der Waals surface area contributed by atoms with Crippen LogP contribution in [0.2, 0.25) is 0 Å². The second-order valence-electron chi connectivity index (χ2n) is 7.87. The van der Waals surface area contributed by atoms with Gasteiger partial charge in [0.15, 0.2) is 11.5 Å². The number of nitrogens with one attached hydrogen (secondary N) is 1. The number of hydrogen-bond acceptors (Lipinski definition) is 8. The molecule has 1 aliphatic rings. The quantitative estimate of drug-likeness (QED) is 0.211. The van der Waals surface area contributed by atoms with E-state index >= 15 is 0 Å². The molecule has 0 radical (unpaired) electrons. The van der Waals surface area contributed by atoms with Crippen molar-refractivity contribution < 1.29 is 33.9 Å². The molecule has 0 saturated heterocycles. The number of imide groups is 1. The Morgan fingerprint density at radius 2 is 1.69 bits per heavy atom. The van der Waals surface area contributed by atoms with Crippen molar-refractivity contribution in [3.05, 3.63) is 87.0 Å². The Kier molecular flexibility index (Phi) is 6.55. The van der Waals surface area contributed by atoms with E-state index in [1.807, 2.05) is 6.07 Å². The Hall–Kier alpha value is -4.93. The second-order valence-corrected chi connectivity index (χ2v) is 7.87. The van der Waals surface area contributed by atoms with E-state index in [4.69, 9.17) is 9.47 Å². The Morgan fingerprint density at radius 1 is 0.972 bits per heavy atom. The molecular formula is C25H21N3O8. The number of amides is 3. The van der Waals surface area contributed by atoms with Crippen LogP contribution in [-0.4, -0.2) is 53.4 Å². The number of anilines is 1. The monoisotopic (exact) mass is 491 g/mol. The second kappa shape index (κ2) is 9.74. The van der Waals surface area contributed by atoms with Gasteiger partial charge in [-0.2, -0.15) is 0 Å². The summed E-state index contributed by atoms with van der Waals surface area (Å²) >= 11 is 0. The van der Waals surface area contributed by atoms with Gasteiger partial charge in [0.2, 0.25) is 0 Å². The lowest BCUT2D eigenvalue weighted by Gasteiger charge is -2.14. The van der Waals surface area contributed by atoms with Gasteiger partial charge in [0.25, 0.3) is 23.4 Å². The fraction of sp³-hybridized carbons (Fsp3) is 0.160. The lowest BCUT2D eigenvalue weighted by molar-refractivity contribution is -0.384. The molecule has 0 spiro atoms. The third kappa shape index (κ3) is 4.53. The first kappa shape index (κ1) is 24.2. The van der Waals surface area contributed by atoms with Crippen LogP contribution in [-0.2, 0) is 6.42 Å². The Bertz CT molecular complexity index is 1400. The predicted molar refractivity (Wildman–Crippen MR) is 128 cm³/mol. The maximum atomic E-state index is 13.0. The van der Waals surface area contributed by atoms with Crippen molar-refractivity contribution in [2.45, 2.75) is 6.42 Å². The van der Waals surface area contributed by atoms with Crippen LogP contribution in [0.3, 0.4) is 0 Å². The highest BCUT2D eigenvalue weighted by atomic mass is 16.6. The normalized spacial score (nSPS) is 12.3. The lowest BCUT2D eigenvalue weighted by atomic mass is 10.1. The molecule has 1 aliphatic heterocycles. The fourth-order valence-electron chi connectivity index (χ4n) is 3.84. The molecule has 0 aromatic heterocycles. The number of nitrogens with zero attached hydrogens (tertiary/aromatic N) is 2. The third-order valence-electron chi connectivity index (χ3n) is 5.74. The van der Waals surface area contributed by atoms with E-state index in [9.17, 15) is 29.6 Å². The Morgan fingerprint density at radius 3 is 2.39 bits per heavy atom. The molecule has 11 nitrogen and oxygen atoms in total. The Balaban J connectivity index is 1.50. The molecule has 2 N–H and O–H groups in total. The van der Waals surface area contributed by atoms with Gasteiger partial charge in [-0.1, -0.05) is 6.07 Å². The van der Waals surface area contributed by atoms with Crippen LogP contribution in [0.1, 0.15) is 36.6 Å². The van der Waals surface area contributed by atoms with Gasteiger partial charge in [-0.05, 0) is 48.4 Å². The largest absolute Gasteiger partial charge is 0.506 e. The average Bonchev–Trinajstić information content (AvgIpc) is 3.12. The molecule has 0 aliphatic carbocycles. The summed E-state index contributed by atoms with van der Waals surface area (Å²) in [5.74, 6) is -0.989. The molecule has 3 amide bonds. The summed E-state index contributed by atoms with van der Waals surface area (Å²) in [5, 5.41) is 23.3. The zero-order valence-electron chi connectivity index (χ0n) is 19.3. The van der Waals surface area contributed by atoms with Crippen LogP contribution in [0.4, 0.5) is 11.4 Å². The van der Waals surface area contributed by atoms with E-state index in [0.717, 1.165) is 28.7 Å². The van der Waals surface area contributed by atoms with Crippen molar-refractivity contribution in [1.29, 1.82) is 0 Å². The highest BCUT2D eigenvalue weighted by Gasteiger charge is 2.35. The number of methoxy groups -OCH3 is 2. The number of hydrogen-bond donors (Lipinski definition) is 2. The van der Waals surface area contributed by atoms with Gasteiger partial charge in [0.05, 0.1) is 36.0 Å². The molecule has 3 aromatic carbocycles. The molecule has 0 atom stereocenters. The summed E-state index contributed by atoms with van der Waals surface area (Å²) in [7, 11) is 3.04. The number of phenolic OH excluding ortho intramolecular Hbond substituents is 1. The van der Waals surface area contributed by atoms with E-state index in [0.29, 0.717) is 17.9 Å². The van der Waals surface area contributed by atoms with Crippen molar-refractivity contribution in [2.75, 3.05) is 26.1 Å². The molecule has 0 saturated carbocycles. The van der Waals surface area contributed by atoms with Gasteiger partial charge in [0.1, 0.15) is 5.75 Å². The topological polar surface area (TPSA) is 148 Å². The van der Waals surface area contributed by atoms with Crippen LogP contribution in [0.25, 0.3) is 0 Å². The molecule has 0 unspecified atom stereocenters. The lowest BCUT2D eigenvalue weighted by Crippen LogP contribution is -2.31. The number of rotatable bonds is 8. The van der Waals surface area contributed by atoms with Gasteiger partial charge in [-0.3, -0.25) is 29.4 Å². The molecule has 0 bridgehead atoms. The average molecular weight is 491 g/mol. The van der Waals surface area contributed by atoms with Crippen LogP contribution in [0, 0.1) is 10.1 Å². The van der Waals surface area contributed by atoms with Crippen LogP contribution in [0.5, 0.6) is 17.2 Å². The molecule has 4 rings (SSSR count). The molecule has 11 heteroatoms. The number of non-ortho nitro benzene ring substituents is 1. The van der Waals surface area contributed by atoms with Crippen molar-refractivity contribution in [2.24, 2.45) is 0 Å². The Labute approximate surface area is 205 Å². The first-order valence-corrected chi connectivity index (χ1v) is 10.7. The van der Waals surface area contributed by atoms with Gasteiger partial charge < -0.3 is 19.9 Å². The predicted octanol–water partition coefficient (Wildman–Crippen LogP) is 3.41. The number of fused-ring (bicyclic) bond motifs is 1. The van der Waals surface area contributed by atoms with E-state index in [1.54, 1.807) is 12.1 Å². The van der Waals surface area contributed by atoms with Gasteiger partial charge in [0, 0.05) is 24.2 Å². The minimum absolute atomic E-state index is 0.0440. The maximum absolute atomic E-state index is 13.0. The first-order chi connectivity index (χ1) is 17.2. The van der Waals surface area contributed by atoms with E-state index in [-0.39, 0.29) is 40.4 Å². The summed E-state index contributed by atoms with van der Waals surface area (Å²) in [6.45, 7) is 0.116. The number of nitro groups is 1.